The summed E-state index contributed by atoms with van der Waals surface area (Å²) in [5.74, 6) is 1.15. The van der Waals surface area contributed by atoms with Crippen LogP contribution in [0, 0.1) is 0 Å². The van der Waals surface area contributed by atoms with Crippen molar-refractivity contribution in [1.82, 2.24) is 14.9 Å². The predicted molar refractivity (Wildman–Crippen MR) is 113 cm³/mol. The number of para-hydroxylation sites is 1. The van der Waals surface area contributed by atoms with E-state index in [9.17, 15) is 4.79 Å². The Morgan fingerprint density at radius 1 is 1.17 bits per heavy atom. The summed E-state index contributed by atoms with van der Waals surface area (Å²) in [5.41, 5.74) is 2.79. The van der Waals surface area contributed by atoms with Crippen LogP contribution in [0.25, 0.3) is 5.69 Å². The molecule has 0 bridgehead atoms. The van der Waals surface area contributed by atoms with Crippen molar-refractivity contribution >= 4 is 11.6 Å². The van der Waals surface area contributed by atoms with Gasteiger partial charge in [0.25, 0.3) is 0 Å². The number of hydrogen-bond acceptors (Lipinski definition) is 5. The average molecular weight is 394 g/mol. The van der Waals surface area contributed by atoms with Gasteiger partial charge in [0.05, 0.1) is 31.9 Å². The number of anilines is 1. The first-order valence-electron chi connectivity index (χ1n) is 9.42. The van der Waals surface area contributed by atoms with E-state index in [1.54, 1.807) is 44.9 Å². The van der Waals surface area contributed by atoms with Gasteiger partial charge in [-0.1, -0.05) is 18.2 Å². The fraction of sp³-hybridized carbons (Fsp3) is 0.273. The maximum absolute atomic E-state index is 12.5. The highest BCUT2D eigenvalue weighted by Gasteiger charge is 2.13. The SMILES string of the molecule is COc1ccc(OC)c(NC(=O)CC(C)NCc2ccccc2-n2ccnc2)c1. The van der Waals surface area contributed by atoms with Gasteiger partial charge in [0, 0.05) is 37.5 Å². The van der Waals surface area contributed by atoms with Crippen LogP contribution in [0.5, 0.6) is 11.5 Å². The van der Waals surface area contributed by atoms with Crippen LogP contribution >= 0.6 is 0 Å². The second-order valence-corrected chi connectivity index (χ2v) is 6.70. The number of amides is 1. The molecule has 0 aliphatic rings. The van der Waals surface area contributed by atoms with E-state index in [1.807, 2.05) is 35.9 Å². The Morgan fingerprint density at radius 2 is 2.00 bits per heavy atom. The van der Waals surface area contributed by atoms with Gasteiger partial charge in [-0.25, -0.2) is 4.98 Å². The predicted octanol–water partition coefficient (Wildman–Crippen LogP) is 3.40. The molecule has 3 rings (SSSR count). The molecule has 0 radical (unpaired) electrons. The molecule has 1 atom stereocenters. The number of benzene rings is 2. The first kappa shape index (κ1) is 20.4. The van der Waals surface area contributed by atoms with Crippen LogP contribution in [0.15, 0.2) is 61.2 Å². The Hall–Kier alpha value is -3.32. The Morgan fingerprint density at radius 3 is 2.72 bits per heavy atom. The summed E-state index contributed by atoms with van der Waals surface area (Å²) < 4.78 is 12.5. The lowest BCUT2D eigenvalue weighted by Gasteiger charge is -2.17. The minimum Gasteiger partial charge on any atom is -0.497 e. The second-order valence-electron chi connectivity index (χ2n) is 6.70. The van der Waals surface area contributed by atoms with Crippen LogP contribution in [0.3, 0.4) is 0 Å². The van der Waals surface area contributed by atoms with Gasteiger partial charge >= 0.3 is 0 Å². The van der Waals surface area contributed by atoms with Crippen LogP contribution in [0.1, 0.15) is 18.9 Å². The van der Waals surface area contributed by atoms with Gasteiger partial charge in [-0.2, -0.15) is 0 Å². The average Bonchev–Trinajstić information content (AvgIpc) is 3.27. The van der Waals surface area contributed by atoms with Crippen molar-refractivity contribution in [2.75, 3.05) is 19.5 Å². The summed E-state index contributed by atoms with van der Waals surface area (Å²) in [6.45, 7) is 2.63. The van der Waals surface area contributed by atoms with E-state index in [4.69, 9.17) is 9.47 Å². The molecule has 0 fully saturated rings. The molecule has 0 aliphatic heterocycles. The number of ether oxygens (including phenoxy) is 2. The molecule has 0 saturated carbocycles. The molecular weight excluding hydrogens is 368 g/mol. The van der Waals surface area contributed by atoms with Crippen molar-refractivity contribution in [2.24, 2.45) is 0 Å². The maximum Gasteiger partial charge on any atom is 0.226 e. The van der Waals surface area contributed by atoms with E-state index >= 15 is 0 Å². The molecule has 0 spiro atoms. The molecule has 1 unspecified atom stereocenters. The summed E-state index contributed by atoms with van der Waals surface area (Å²) in [6, 6.07) is 13.4. The molecule has 0 aliphatic carbocycles. The zero-order valence-corrected chi connectivity index (χ0v) is 16.9. The molecule has 1 amide bonds. The number of carbonyl (C=O) groups excluding carboxylic acids is 1. The Labute approximate surface area is 170 Å². The van der Waals surface area contributed by atoms with E-state index in [1.165, 1.54) is 0 Å². The van der Waals surface area contributed by atoms with Crippen molar-refractivity contribution in [2.45, 2.75) is 25.9 Å². The summed E-state index contributed by atoms with van der Waals surface area (Å²) in [7, 11) is 3.15. The number of rotatable bonds is 9. The largest absolute Gasteiger partial charge is 0.497 e. The molecule has 152 valence electrons. The first-order chi connectivity index (χ1) is 14.1. The van der Waals surface area contributed by atoms with Crippen molar-refractivity contribution in [3.8, 4) is 17.2 Å². The summed E-state index contributed by atoms with van der Waals surface area (Å²) in [4.78, 5) is 16.6. The van der Waals surface area contributed by atoms with Crippen molar-refractivity contribution < 1.29 is 14.3 Å². The molecule has 1 aromatic heterocycles. The molecule has 0 saturated heterocycles. The van der Waals surface area contributed by atoms with Crippen molar-refractivity contribution in [3.63, 3.8) is 0 Å². The second kappa shape index (κ2) is 9.75. The molecule has 1 heterocycles. The maximum atomic E-state index is 12.5. The standard InChI is InChI=1S/C22H26N4O3/c1-16(12-22(27)25-19-13-18(28-2)8-9-21(19)29-3)24-14-17-6-4-5-7-20(17)26-11-10-23-15-26/h4-11,13,15-16,24H,12,14H2,1-3H3,(H,25,27). The zero-order chi connectivity index (χ0) is 20.6. The number of aromatic nitrogens is 2. The normalized spacial score (nSPS) is 11.7. The third-order valence-corrected chi connectivity index (χ3v) is 4.59. The Kier molecular flexibility index (Phi) is 6.86. The lowest BCUT2D eigenvalue weighted by Crippen LogP contribution is -2.30. The molecule has 7 heteroatoms. The van der Waals surface area contributed by atoms with Crippen molar-refractivity contribution in [1.29, 1.82) is 0 Å². The molecule has 29 heavy (non-hydrogen) atoms. The Balaban J connectivity index is 1.58. The Bertz CT molecular complexity index is 941. The van der Waals surface area contributed by atoms with Gasteiger partial charge in [-0.15, -0.1) is 0 Å². The van der Waals surface area contributed by atoms with Gasteiger partial charge in [0.15, 0.2) is 0 Å². The number of hydrogen-bond donors (Lipinski definition) is 2. The van der Waals surface area contributed by atoms with E-state index in [0.717, 1.165) is 11.3 Å². The number of nitrogens with one attached hydrogen (secondary N) is 2. The number of nitrogens with zero attached hydrogens (tertiary/aromatic N) is 2. The van der Waals surface area contributed by atoms with Crippen molar-refractivity contribution in [3.05, 3.63) is 66.7 Å². The van der Waals surface area contributed by atoms with Gasteiger partial charge in [-0.05, 0) is 30.7 Å². The molecular formula is C22H26N4O3. The first-order valence-corrected chi connectivity index (χ1v) is 9.42. The van der Waals surface area contributed by atoms with Crippen LogP contribution in [-0.4, -0.2) is 35.7 Å². The van der Waals surface area contributed by atoms with E-state index in [0.29, 0.717) is 30.2 Å². The fourth-order valence-corrected chi connectivity index (χ4v) is 3.06. The van der Waals surface area contributed by atoms with E-state index in [-0.39, 0.29) is 11.9 Å². The van der Waals surface area contributed by atoms with Gasteiger partial charge in [-0.3, -0.25) is 4.79 Å². The van der Waals surface area contributed by atoms with E-state index < -0.39 is 0 Å². The minimum atomic E-state index is -0.0977. The van der Waals surface area contributed by atoms with Gasteiger partial charge in [0.1, 0.15) is 11.5 Å². The lowest BCUT2D eigenvalue weighted by molar-refractivity contribution is -0.116. The third-order valence-electron chi connectivity index (χ3n) is 4.59. The summed E-state index contributed by atoms with van der Waals surface area (Å²) in [6.07, 6.45) is 5.77. The fourth-order valence-electron chi connectivity index (χ4n) is 3.06. The highest BCUT2D eigenvalue weighted by Crippen LogP contribution is 2.29. The molecule has 2 N–H and O–H groups in total. The molecule has 2 aromatic carbocycles. The summed E-state index contributed by atoms with van der Waals surface area (Å²) in [5, 5.41) is 6.32. The lowest BCUT2D eigenvalue weighted by atomic mass is 10.1. The molecule has 3 aromatic rings. The summed E-state index contributed by atoms with van der Waals surface area (Å²) >= 11 is 0. The number of carbonyl (C=O) groups is 1. The number of imidazole rings is 1. The third kappa shape index (κ3) is 5.36. The van der Waals surface area contributed by atoms with Gasteiger partial charge < -0.3 is 24.7 Å². The smallest absolute Gasteiger partial charge is 0.226 e. The highest BCUT2D eigenvalue weighted by molar-refractivity contribution is 5.92. The molecule has 7 nitrogen and oxygen atoms in total. The minimum absolute atomic E-state index is 0.0116. The number of methoxy groups -OCH3 is 2. The quantitative estimate of drug-likeness (QED) is 0.582. The van der Waals surface area contributed by atoms with E-state index in [2.05, 4.69) is 21.7 Å². The monoisotopic (exact) mass is 394 g/mol. The van der Waals surface area contributed by atoms with Gasteiger partial charge in [0.2, 0.25) is 5.91 Å². The highest BCUT2D eigenvalue weighted by atomic mass is 16.5. The van der Waals surface area contributed by atoms with Crippen LogP contribution < -0.4 is 20.1 Å². The van der Waals surface area contributed by atoms with Crippen LogP contribution in [0.2, 0.25) is 0 Å². The van der Waals surface area contributed by atoms with Crippen LogP contribution in [-0.2, 0) is 11.3 Å². The van der Waals surface area contributed by atoms with Crippen LogP contribution in [0.4, 0.5) is 5.69 Å². The zero-order valence-electron chi connectivity index (χ0n) is 16.9. The topological polar surface area (TPSA) is 77.4 Å².